The van der Waals surface area contributed by atoms with E-state index in [1.165, 1.54) is 0 Å². The average Bonchev–Trinajstić information content (AvgIpc) is 2.86. The van der Waals surface area contributed by atoms with Gasteiger partial charge in [-0.1, -0.05) is 23.7 Å². The third-order valence-electron chi connectivity index (χ3n) is 2.49. The molecule has 0 fully saturated rings. The van der Waals surface area contributed by atoms with Crippen LogP contribution < -0.4 is 5.73 Å². The quantitative estimate of drug-likeness (QED) is 0.898. The van der Waals surface area contributed by atoms with Crippen molar-refractivity contribution in [3.63, 3.8) is 0 Å². The van der Waals surface area contributed by atoms with Crippen molar-refractivity contribution in [1.82, 2.24) is 0 Å². The molecular formula is C13H14ClNOS. The maximum atomic E-state index is 5.82. The number of hydrogen-bond donors (Lipinski definition) is 1. The Labute approximate surface area is 110 Å². The van der Waals surface area contributed by atoms with Crippen LogP contribution in [0, 0.1) is 0 Å². The number of benzene rings is 1. The molecule has 2 nitrogen and oxygen atoms in total. The smallest absolute Gasteiger partial charge is 0.0959 e. The van der Waals surface area contributed by atoms with Crippen molar-refractivity contribution in [3.05, 3.63) is 57.2 Å². The molecule has 0 bridgehead atoms. The molecule has 4 heteroatoms. The molecule has 90 valence electrons. The molecule has 0 aliphatic rings. The van der Waals surface area contributed by atoms with Gasteiger partial charge in [0.1, 0.15) is 0 Å². The lowest BCUT2D eigenvalue weighted by atomic mass is 10.2. The molecule has 2 aromatic rings. The van der Waals surface area contributed by atoms with E-state index in [9.17, 15) is 0 Å². The van der Waals surface area contributed by atoms with Crippen LogP contribution in [0.2, 0.25) is 5.02 Å². The lowest BCUT2D eigenvalue weighted by molar-refractivity contribution is 0.0459. The molecule has 0 aliphatic heterocycles. The number of nitrogens with two attached hydrogens (primary N) is 1. The van der Waals surface area contributed by atoms with Crippen LogP contribution in [0.25, 0.3) is 0 Å². The monoisotopic (exact) mass is 267 g/mol. The van der Waals surface area contributed by atoms with E-state index < -0.39 is 0 Å². The fourth-order valence-electron chi connectivity index (χ4n) is 1.54. The van der Waals surface area contributed by atoms with Crippen LogP contribution in [0.3, 0.4) is 0 Å². The maximum Gasteiger partial charge on any atom is 0.0959 e. The van der Waals surface area contributed by atoms with E-state index >= 15 is 0 Å². The second kappa shape index (κ2) is 6.17. The van der Waals surface area contributed by atoms with Crippen LogP contribution in [0.1, 0.15) is 17.2 Å². The summed E-state index contributed by atoms with van der Waals surface area (Å²) in [4.78, 5) is 0. The van der Waals surface area contributed by atoms with Gasteiger partial charge in [0.05, 0.1) is 12.7 Å². The van der Waals surface area contributed by atoms with E-state index in [0.717, 1.165) is 16.1 Å². The normalized spacial score (nSPS) is 12.6. The van der Waals surface area contributed by atoms with Gasteiger partial charge < -0.3 is 10.5 Å². The predicted molar refractivity (Wildman–Crippen MR) is 72.4 cm³/mol. The minimum atomic E-state index is -0.0306. The Bertz CT molecular complexity index is 441. The highest BCUT2D eigenvalue weighted by Gasteiger charge is 2.10. The number of thiophene rings is 1. The molecule has 0 spiro atoms. The summed E-state index contributed by atoms with van der Waals surface area (Å²) in [7, 11) is 0. The van der Waals surface area contributed by atoms with Gasteiger partial charge in [0.15, 0.2) is 0 Å². The van der Waals surface area contributed by atoms with Crippen molar-refractivity contribution in [2.24, 2.45) is 5.73 Å². The SMILES string of the molecule is NCC(OCc1ccc(Cl)cc1)c1ccsc1. The molecule has 0 aliphatic carbocycles. The molecule has 1 unspecified atom stereocenters. The van der Waals surface area contributed by atoms with Gasteiger partial charge in [0, 0.05) is 11.6 Å². The Hall–Kier alpha value is -0.870. The van der Waals surface area contributed by atoms with Gasteiger partial charge in [0.2, 0.25) is 0 Å². The first-order valence-corrected chi connectivity index (χ1v) is 6.70. The van der Waals surface area contributed by atoms with Gasteiger partial charge in [-0.2, -0.15) is 11.3 Å². The largest absolute Gasteiger partial charge is 0.367 e. The van der Waals surface area contributed by atoms with Gasteiger partial charge in [-0.05, 0) is 40.1 Å². The highest BCUT2D eigenvalue weighted by Crippen LogP contribution is 2.21. The fourth-order valence-corrected chi connectivity index (χ4v) is 2.36. The summed E-state index contributed by atoms with van der Waals surface area (Å²) in [5.41, 5.74) is 7.96. The summed E-state index contributed by atoms with van der Waals surface area (Å²) < 4.78 is 5.80. The molecule has 2 rings (SSSR count). The number of hydrogen-bond acceptors (Lipinski definition) is 3. The molecule has 0 saturated carbocycles. The summed E-state index contributed by atoms with van der Waals surface area (Å²) in [5, 5.41) is 4.84. The fraction of sp³-hybridized carbons (Fsp3) is 0.231. The van der Waals surface area contributed by atoms with Crippen molar-refractivity contribution in [1.29, 1.82) is 0 Å². The second-order valence-electron chi connectivity index (χ2n) is 3.72. The zero-order valence-corrected chi connectivity index (χ0v) is 10.9. The molecule has 0 radical (unpaired) electrons. The first-order valence-electron chi connectivity index (χ1n) is 5.38. The molecule has 1 aromatic heterocycles. The first kappa shape index (κ1) is 12.6. The Morgan fingerprint density at radius 1 is 1.24 bits per heavy atom. The van der Waals surface area contributed by atoms with Crippen LogP contribution in [0.15, 0.2) is 41.1 Å². The standard InChI is InChI=1S/C13H14ClNOS/c14-12-3-1-10(2-4-12)8-16-13(7-15)11-5-6-17-9-11/h1-6,9,13H,7-8,15H2. The summed E-state index contributed by atoms with van der Waals surface area (Å²) in [5.74, 6) is 0. The van der Waals surface area contributed by atoms with Crippen LogP contribution in [0.5, 0.6) is 0 Å². The van der Waals surface area contributed by atoms with Gasteiger partial charge in [0.25, 0.3) is 0 Å². The molecule has 1 aromatic carbocycles. The molecule has 0 amide bonds. The van der Waals surface area contributed by atoms with Crippen molar-refractivity contribution in [3.8, 4) is 0 Å². The third-order valence-corrected chi connectivity index (χ3v) is 3.45. The summed E-state index contributed by atoms with van der Waals surface area (Å²) in [6, 6.07) is 9.70. The average molecular weight is 268 g/mol. The van der Waals surface area contributed by atoms with Crippen molar-refractivity contribution < 1.29 is 4.74 Å². The molecule has 17 heavy (non-hydrogen) atoms. The van der Waals surface area contributed by atoms with E-state index in [-0.39, 0.29) is 6.10 Å². The number of ether oxygens (including phenoxy) is 1. The maximum absolute atomic E-state index is 5.82. The highest BCUT2D eigenvalue weighted by atomic mass is 35.5. The first-order chi connectivity index (χ1) is 8.29. The summed E-state index contributed by atoms with van der Waals surface area (Å²) >= 11 is 7.48. The van der Waals surface area contributed by atoms with E-state index in [1.54, 1.807) is 11.3 Å². The van der Waals surface area contributed by atoms with E-state index in [1.807, 2.05) is 35.7 Å². The minimum Gasteiger partial charge on any atom is -0.367 e. The summed E-state index contributed by atoms with van der Waals surface area (Å²) in [6.07, 6.45) is -0.0306. The van der Waals surface area contributed by atoms with Crippen LogP contribution in [-0.2, 0) is 11.3 Å². The van der Waals surface area contributed by atoms with Crippen LogP contribution >= 0.6 is 22.9 Å². The Morgan fingerprint density at radius 2 is 2.00 bits per heavy atom. The minimum absolute atomic E-state index is 0.0306. The zero-order valence-electron chi connectivity index (χ0n) is 9.30. The molecule has 1 heterocycles. The van der Waals surface area contributed by atoms with E-state index in [2.05, 4.69) is 5.38 Å². The molecular weight excluding hydrogens is 254 g/mol. The zero-order chi connectivity index (χ0) is 12.1. The molecule has 1 atom stereocenters. The van der Waals surface area contributed by atoms with Crippen LogP contribution in [-0.4, -0.2) is 6.54 Å². The van der Waals surface area contributed by atoms with Crippen LogP contribution in [0.4, 0.5) is 0 Å². The molecule has 2 N–H and O–H groups in total. The predicted octanol–water partition coefficient (Wildman–Crippen LogP) is 3.62. The van der Waals surface area contributed by atoms with Gasteiger partial charge in [-0.15, -0.1) is 0 Å². The lowest BCUT2D eigenvalue weighted by Gasteiger charge is -2.14. The van der Waals surface area contributed by atoms with Gasteiger partial charge >= 0.3 is 0 Å². The van der Waals surface area contributed by atoms with Gasteiger partial charge in [-0.3, -0.25) is 0 Å². The third kappa shape index (κ3) is 3.54. The second-order valence-corrected chi connectivity index (χ2v) is 4.93. The Morgan fingerprint density at radius 3 is 2.59 bits per heavy atom. The summed E-state index contributed by atoms with van der Waals surface area (Å²) in [6.45, 7) is 1.04. The number of rotatable bonds is 5. The topological polar surface area (TPSA) is 35.2 Å². The highest BCUT2D eigenvalue weighted by molar-refractivity contribution is 7.07. The Kier molecular flexibility index (Phi) is 4.57. The van der Waals surface area contributed by atoms with Crippen molar-refractivity contribution >= 4 is 22.9 Å². The van der Waals surface area contributed by atoms with E-state index in [4.69, 9.17) is 22.1 Å². The Balaban J connectivity index is 1.94. The van der Waals surface area contributed by atoms with E-state index in [0.29, 0.717) is 13.2 Å². The lowest BCUT2D eigenvalue weighted by Crippen LogP contribution is -2.15. The van der Waals surface area contributed by atoms with Gasteiger partial charge in [-0.25, -0.2) is 0 Å². The van der Waals surface area contributed by atoms with Crippen molar-refractivity contribution in [2.75, 3.05) is 6.54 Å². The molecule has 0 saturated heterocycles. The van der Waals surface area contributed by atoms with Crippen molar-refractivity contribution in [2.45, 2.75) is 12.7 Å². The number of halogens is 1.